The fourth-order valence-electron chi connectivity index (χ4n) is 4.71. The molecule has 12 atom stereocenters. The monoisotopic (exact) mass is 568 g/mol. The highest BCUT2D eigenvalue weighted by atomic mass is 16.8. The van der Waals surface area contributed by atoms with E-state index in [0.29, 0.717) is 6.42 Å². The summed E-state index contributed by atoms with van der Waals surface area (Å²) < 4.78 is 27.8. The van der Waals surface area contributed by atoms with Crippen molar-refractivity contribution >= 4 is 5.97 Å². The molecule has 0 saturated carbocycles. The summed E-state index contributed by atoms with van der Waals surface area (Å²) in [6, 6.07) is 0. The molecule has 1 unspecified atom stereocenters. The summed E-state index contributed by atoms with van der Waals surface area (Å²) in [5, 5.41) is 71.0. The van der Waals surface area contributed by atoms with Crippen LogP contribution in [0.5, 0.6) is 0 Å². The molecule has 2 aliphatic rings. The van der Waals surface area contributed by atoms with Gasteiger partial charge in [0, 0.05) is 6.92 Å². The van der Waals surface area contributed by atoms with Crippen LogP contribution in [0.1, 0.15) is 72.1 Å². The molecule has 0 aromatic rings. The number of rotatable bonds is 16. The van der Waals surface area contributed by atoms with Crippen molar-refractivity contribution in [2.45, 2.75) is 146 Å². The van der Waals surface area contributed by atoms with Gasteiger partial charge >= 0.3 is 5.97 Å². The minimum absolute atomic E-state index is 0.269. The van der Waals surface area contributed by atoms with Gasteiger partial charge in [0.2, 0.25) is 0 Å². The quantitative estimate of drug-likeness (QED) is 0.0891. The van der Waals surface area contributed by atoms with E-state index in [1.807, 2.05) is 6.92 Å². The lowest BCUT2D eigenvalue weighted by Crippen LogP contribution is -2.65. The Bertz CT molecular complexity index is 695. The number of carbonyl (C=O) groups is 1. The second kappa shape index (κ2) is 17.1. The molecule has 2 rings (SSSR count). The van der Waals surface area contributed by atoms with Crippen molar-refractivity contribution in [1.82, 2.24) is 0 Å². The van der Waals surface area contributed by atoms with Crippen LogP contribution in [0, 0.1) is 0 Å². The van der Waals surface area contributed by atoms with Crippen LogP contribution in [0.4, 0.5) is 0 Å². The van der Waals surface area contributed by atoms with E-state index in [-0.39, 0.29) is 12.2 Å². The summed E-state index contributed by atoms with van der Waals surface area (Å²) >= 11 is 0. The minimum Gasteiger partial charge on any atom is -0.463 e. The van der Waals surface area contributed by atoms with Gasteiger partial charge in [-0.05, 0) is 26.7 Å². The molecule has 0 amide bonds. The van der Waals surface area contributed by atoms with E-state index in [1.165, 1.54) is 0 Å². The summed E-state index contributed by atoms with van der Waals surface area (Å²) in [7, 11) is 0. The minimum atomic E-state index is -1.74. The number of aliphatic hydroxyl groups excluding tert-OH is 7. The van der Waals surface area contributed by atoms with Crippen LogP contribution in [0.25, 0.3) is 0 Å². The lowest BCUT2D eigenvalue weighted by Gasteiger charge is -2.46. The van der Waals surface area contributed by atoms with Gasteiger partial charge in [0.15, 0.2) is 12.6 Å². The van der Waals surface area contributed by atoms with Gasteiger partial charge in [0.25, 0.3) is 0 Å². The molecule has 0 spiro atoms. The summed E-state index contributed by atoms with van der Waals surface area (Å²) in [4.78, 5) is 11.2. The smallest absolute Gasteiger partial charge is 0.302 e. The van der Waals surface area contributed by atoms with Crippen LogP contribution in [0.3, 0.4) is 0 Å². The Labute approximate surface area is 229 Å². The Balaban J connectivity index is 1.96. The van der Waals surface area contributed by atoms with Crippen LogP contribution in [0.15, 0.2) is 0 Å². The van der Waals surface area contributed by atoms with E-state index in [4.69, 9.17) is 23.7 Å². The van der Waals surface area contributed by atoms with Crippen LogP contribution in [-0.2, 0) is 28.5 Å². The molecule has 2 saturated heterocycles. The Morgan fingerprint density at radius 2 is 1.33 bits per heavy atom. The average molecular weight is 569 g/mol. The maximum absolute atomic E-state index is 11.2. The summed E-state index contributed by atoms with van der Waals surface area (Å²) in [5.74, 6) is -0.642. The van der Waals surface area contributed by atoms with Gasteiger partial charge in [-0.3, -0.25) is 4.79 Å². The first-order valence-electron chi connectivity index (χ1n) is 13.9. The Hall–Kier alpha value is -0.970. The molecule has 7 N–H and O–H groups in total. The lowest BCUT2D eigenvalue weighted by molar-refractivity contribution is -0.371. The molecule has 0 radical (unpaired) electrons. The number of aliphatic hydroxyl groups is 7. The summed E-state index contributed by atoms with van der Waals surface area (Å²) in [6.07, 6.45) is -7.93. The fraction of sp³-hybridized carbons (Fsp3) is 0.962. The zero-order valence-electron chi connectivity index (χ0n) is 23.1. The second-order valence-electron chi connectivity index (χ2n) is 10.6. The average Bonchev–Trinajstić information content (AvgIpc) is 2.88. The molecule has 2 fully saturated rings. The van der Waals surface area contributed by atoms with Crippen LogP contribution >= 0.6 is 0 Å². The van der Waals surface area contributed by atoms with Crippen molar-refractivity contribution in [3.8, 4) is 0 Å². The van der Waals surface area contributed by atoms with Crippen molar-refractivity contribution in [1.29, 1.82) is 0 Å². The van der Waals surface area contributed by atoms with Crippen molar-refractivity contribution in [3.63, 3.8) is 0 Å². The number of carbonyl (C=O) groups excluding carboxylic acids is 1. The molecule has 0 aliphatic carbocycles. The van der Waals surface area contributed by atoms with Crippen molar-refractivity contribution in [3.05, 3.63) is 0 Å². The van der Waals surface area contributed by atoms with E-state index < -0.39 is 80.6 Å². The fourth-order valence-corrected chi connectivity index (χ4v) is 4.71. The summed E-state index contributed by atoms with van der Waals surface area (Å²) in [5.41, 5.74) is 0. The zero-order chi connectivity index (χ0) is 29.1. The maximum Gasteiger partial charge on any atom is 0.302 e. The highest BCUT2D eigenvalue weighted by Gasteiger charge is 2.51. The number of ether oxygens (including phenoxy) is 5. The topological polar surface area (TPSA) is 205 Å². The van der Waals surface area contributed by atoms with Gasteiger partial charge < -0.3 is 59.4 Å². The van der Waals surface area contributed by atoms with Crippen LogP contribution in [-0.4, -0.2) is 129 Å². The Kier molecular flexibility index (Phi) is 15.0. The largest absolute Gasteiger partial charge is 0.463 e. The van der Waals surface area contributed by atoms with Crippen LogP contribution < -0.4 is 0 Å². The third-order valence-corrected chi connectivity index (χ3v) is 7.08. The van der Waals surface area contributed by atoms with E-state index in [2.05, 4.69) is 0 Å². The number of esters is 1. The number of hydrogen-bond donors (Lipinski definition) is 7. The van der Waals surface area contributed by atoms with Crippen molar-refractivity contribution in [2.24, 2.45) is 0 Å². The first-order valence-corrected chi connectivity index (χ1v) is 13.9. The van der Waals surface area contributed by atoms with Gasteiger partial charge in [0.1, 0.15) is 55.4 Å². The van der Waals surface area contributed by atoms with Crippen LogP contribution in [0.2, 0.25) is 0 Å². The van der Waals surface area contributed by atoms with E-state index >= 15 is 0 Å². The molecule has 0 aromatic heterocycles. The van der Waals surface area contributed by atoms with Crippen molar-refractivity contribution in [2.75, 3.05) is 13.2 Å². The predicted molar refractivity (Wildman–Crippen MR) is 135 cm³/mol. The molecule has 39 heavy (non-hydrogen) atoms. The van der Waals surface area contributed by atoms with E-state index in [0.717, 1.165) is 51.9 Å². The first-order chi connectivity index (χ1) is 18.5. The first kappa shape index (κ1) is 34.2. The third-order valence-electron chi connectivity index (χ3n) is 7.08. The SMILES string of the molecule is CC(=O)OC[C@H]1O[C@@H](O[C@H]2[C@H](O[C@@H](C)CCCCCCCCC(C)O)O[C@H](CO)[C@@H](O)[C@@H]2O)[C@H](O)[C@@H](O)[C@@H]1O. The van der Waals surface area contributed by atoms with Gasteiger partial charge in [-0.2, -0.15) is 0 Å². The Morgan fingerprint density at radius 1 is 0.769 bits per heavy atom. The summed E-state index contributed by atoms with van der Waals surface area (Å²) in [6.45, 7) is 3.75. The molecule has 13 heteroatoms. The van der Waals surface area contributed by atoms with Gasteiger partial charge in [-0.1, -0.05) is 38.5 Å². The zero-order valence-corrected chi connectivity index (χ0v) is 23.1. The maximum atomic E-state index is 11.2. The van der Waals surface area contributed by atoms with E-state index in [1.54, 1.807) is 6.92 Å². The Morgan fingerprint density at radius 3 is 1.92 bits per heavy atom. The molecular formula is C26H48O13. The number of hydrogen-bond acceptors (Lipinski definition) is 13. The molecule has 13 nitrogen and oxygen atoms in total. The molecule has 2 aliphatic heterocycles. The van der Waals surface area contributed by atoms with Crippen molar-refractivity contribution < 1.29 is 64.2 Å². The highest BCUT2D eigenvalue weighted by Crippen LogP contribution is 2.30. The van der Waals surface area contributed by atoms with E-state index in [9.17, 15) is 40.5 Å². The van der Waals surface area contributed by atoms with Gasteiger partial charge in [0.05, 0.1) is 18.8 Å². The molecular weight excluding hydrogens is 520 g/mol. The van der Waals surface area contributed by atoms with Gasteiger partial charge in [-0.15, -0.1) is 0 Å². The molecule has 0 bridgehead atoms. The van der Waals surface area contributed by atoms with Gasteiger partial charge in [-0.25, -0.2) is 0 Å². The third kappa shape index (κ3) is 10.7. The molecule has 230 valence electrons. The standard InChI is InChI=1S/C26H48O13/c1-14(28)10-8-6-4-5-7-9-11-15(2)36-26-24(22(33)19(30)17(12-27)37-26)39-25-23(34)21(32)20(31)18(38-25)13-35-16(3)29/h14-15,17-28,30-34H,4-13H2,1-3H3/t14?,15-,17+,18+,19+,20+,21-,22-,23+,24+,25-,26+/m0/s1. The molecule has 0 aromatic carbocycles. The molecule has 2 heterocycles. The normalized spacial score (nSPS) is 36.9. The lowest BCUT2D eigenvalue weighted by atomic mass is 9.97. The highest BCUT2D eigenvalue weighted by molar-refractivity contribution is 5.65. The number of unbranched alkanes of at least 4 members (excludes halogenated alkanes) is 5. The predicted octanol–water partition coefficient (Wildman–Crippen LogP) is -0.912. The second-order valence-corrected chi connectivity index (χ2v) is 10.6.